The van der Waals surface area contributed by atoms with Gasteiger partial charge in [0.05, 0.1) is 18.0 Å². The van der Waals surface area contributed by atoms with Gasteiger partial charge in [-0.25, -0.2) is 0 Å². The molecule has 1 unspecified atom stereocenters. The maximum absolute atomic E-state index is 8.94. The molecule has 0 amide bonds. The summed E-state index contributed by atoms with van der Waals surface area (Å²) in [5.41, 5.74) is 2.24. The van der Waals surface area contributed by atoms with Gasteiger partial charge >= 0.3 is 0 Å². The number of ether oxygens (including phenoxy) is 1. The third kappa shape index (κ3) is 2.26. The van der Waals surface area contributed by atoms with Crippen molar-refractivity contribution in [3.8, 4) is 17.6 Å². The number of hydrogen-bond donors (Lipinski definition) is 1. The Balaban J connectivity index is 1.97. The van der Waals surface area contributed by atoms with Gasteiger partial charge in [-0.1, -0.05) is 36.4 Å². The van der Waals surface area contributed by atoms with Gasteiger partial charge in [-0.15, -0.1) is 0 Å². The van der Waals surface area contributed by atoms with Crippen molar-refractivity contribution in [3.63, 3.8) is 0 Å². The van der Waals surface area contributed by atoms with Crippen LogP contribution < -0.4 is 10.1 Å². The number of para-hydroxylation sites is 2. The van der Waals surface area contributed by atoms with Crippen molar-refractivity contribution in [1.29, 1.82) is 5.26 Å². The van der Waals surface area contributed by atoms with Crippen molar-refractivity contribution in [2.75, 3.05) is 6.54 Å². The molecule has 1 atom stereocenters. The molecular formula is C17H16N2O. The predicted octanol–water partition coefficient (Wildman–Crippen LogP) is 3.63. The van der Waals surface area contributed by atoms with E-state index >= 15 is 0 Å². The number of fused-ring (bicyclic) bond motifs is 2. The van der Waals surface area contributed by atoms with Crippen LogP contribution in [0.5, 0.6) is 11.5 Å². The lowest BCUT2D eigenvalue weighted by molar-refractivity contribution is 0.423. The Kier molecular flexibility index (Phi) is 3.41. The zero-order valence-corrected chi connectivity index (χ0v) is 11.3. The first-order chi connectivity index (χ1) is 9.79. The molecule has 0 radical (unpaired) electrons. The van der Waals surface area contributed by atoms with Crippen LogP contribution in [0.2, 0.25) is 0 Å². The van der Waals surface area contributed by atoms with E-state index in [2.05, 4.69) is 23.5 Å². The van der Waals surface area contributed by atoms with Gasteiger partial charge in [0.1, 0.15) is 11.5 Å². The Labute approximate surface area is 118 Å². The Bertz CT molecular complexity index is 615. The fourth-order valence-electron chi connectivity index (χ4n) is 2.47. The molecule has 0 saturated heterocycles. The quantitative estimate of drug-likeness (QED) is 0.920. The molecule has 0 fully saturated rings. The Morgan fingerprint density at radius 3 is 2.20 bits per heavy atom. The third-order valence-electron chi connectivity index (χ3n) is 3.53. The van der Waals surface area contributed by atoms with Gasteiger partial charge in [-0.2, -0.15) is 5.26 Å². The van der Waals surface area contributed by atoms with Gasteiger partial charge in [-0.3, -0.25) is 0 Å². The molecule has 1 heterocycles. The largest absolute Gasteiger partial charge is 0.457 e. The van der Waals surface area contributed by atoms with E-state index in [0.29, 0.717) is 6.54 Å². The van der Waals surface area contributed by atoms with Crippen LogP contribution in [0.1, 0.15) is 24.1 Å². The predicted molar refractivity (Wildman–Crippen MR) is 77.6 cm³/mol. The second kappa shape index (κ2) is 5.36. The van der Waals surface area contributed by atoms with E-state index in [-0.39, 0.29) is 12.0 Å². The molecule has 1 aliphatic heterocycles. The lowest BCUT2D eigenvalue weighted by Crippen LogP contribution is -2.28. The fraction of sp³-hybridized carbons (Fsp3) is 0.235. The summed E-state index contributed by atoms with van der Waals surface area (Å²) in [7, 11) is 0. The van der Waals surface area contributed by atoms with E-state index in [1.807, 2.05) is 43.3 Å². The monoisotopic (exact) mass is 264 g/mol. The van der Waals surface area contributed by atoms with Crippen LogP contribution >= 0.6 is 0 Å². The number of rotatable bonds is 3. The third-order valence-corrected chi connectivity index (χ3v) is 3.53. The Hall–Kier alpha value is -2.31. The van der Waals surface area contributed by atoms with Crippen molar-refractivity contribution in [1.82, 2.24) is 5.32 Å². The van der Waals surface area contributed by atoms with Crippen LogP contribution in [0.15, 0.2) is 48.5 Å². The highest BCUT2D eigenvalue weighted by molar-refractivity contribution is 5.52. The standard InChI is InChI=1S/C17H16N2O/c1-12(10-18)11-19-17-13-6-2-4-8-15(13)20-16-9-5-3-7-14(16)17/h2-9,12,17,19H,11H2,1H3. The van der Waals surface area contributed by atoms with Gasteiger partial charge in [0.15, 0.2) is 0 Å². The Morgan fingerprint density at radius 2 is 1.65 bits per heavy atom. The highest BCUT2D eigenvalue weighted by Gasteiger charge is 2.26. The first kappa shape index (κ1) is 12.7. The smallest absolute Gasteiger partial charge is 0.132 e. The van der Waals surface area contributed by atoms with Crippen molar-refractivity contribution in [2.24, 2.45) is 5.92 Å². The van der Waals surface area contributed by atoms with Crippen molar-refractivity contribution in [3.05, 3.63) is 59.7 Å². The molecule has 0 saturated carbocycles. The lowest BCUT2D eigenvalue weighted by Gasteiger charge is -2.29. The van der Waals surface area contributed by atoms with Crippen molar-refractivity contribution >= 4 is 0 Å². The zero-order valence-electron chi connectivity index (χ0n) is 11.3. The van der Waals surface area contributed by atoms with Crippen LogP contribution in [0.25, 0.3) is 0 Å². The maximum atomic E-state index is 8.94. The average Bonchev–Trinajstić information content (AvgIpc) is 2.51. The van der Waals surface area contributed by atoms with E-state index in [9.17, 15) is 0 Å². The molecular weight excluding hydrogens is 248 g/mol. The first-order valence-corrected chi connectivity index (χ1v) is 6.78. The van der Waals surface area contributed by atoms with Crippen LogP contribution in [0, 0.1) is 17.2 Å². The maximum Gasteiger partial charge on any atom is 0.132 e. The first-order valence-electron chi connectivity index (χ1n) is 6.78. The molecule has 1 aliphatic rings. The SMILES string of the molecule is CC(C#N)CNC1c2ccccc2Oc2ccccc21. The van der Waals surface area contributed by atoms with Gasteiger partial charge in [0.25, 0.3) is 0 Å². The molecule has 0 aliphatic carbocycles. The molecule has 1 N–H and O–H groups in total. The molecule has 100 valence electrons. The summed E-state index contributed by atoms with van der Waals surface area (Å²) in [4.78, 5) is 0. The molecule has 2 aromatic carbocycles. The van der Waals surface area contributed by atoms with E-state index in [1.165, 1.54) is 0 Å². The zero-order chi connectivity index (χ0) is 13.9. The minimum absolute atomic E-state index is 0.0165. The number of nitrogens with one attached hydrogen (secondary N) is 1. The molecule has 3 rings (SSSR count). The topological polar surface area (TPSA) is 45.0 Å². The summed E-state index contributed by atoms with van der Waals surface area (Å²) in [6.07, 6.45) is 0. The summed E-state index contributed by atoms with van der Waals surface area (Å²) in [5.74, 6) is 1.75. The van der Waals surface area contributed by atoms with Crippen LogP contribution in [0.4, 0.5) is 0 Å². The minimum Gasteiger partial charge on any atom is -0.457 e. The van der Waals surface area contributed by atoms with E-state index in [1.54, 1.807) is 0 Å². The van der Waals surface area contributed by atoms with Gasteiger partial charge in [0, 0.05) is 17.7 Å². The van der Waals surface area contributed by atoms with E-state index in [4.69, 9.17) is 10.00 Å². The normalized spacial score (nSPS) is 14.6. The minimum atomic E-state index is -0.0165. The highest BCUT2D eigenvalue weighted by Crippen LogP contribution is 2.42. The van der Waals surface area contributed by atoms with E-state index < -0.39 is 0 Å². The lowest BCUT2D eigenvalue weighted by atomic mass is 9.94. The summed E-state index contributed by atoms with van der Waals surface area (Å²) in [5, 5.41) is 12.4. The van der Waals surface area contributed by atoms with Crippen LogP contribution in [-0.2, 0) is 0 Å². The van der Waals surface area contributed by atoms with Crippen molar-refractivity contribution in [2.45, 2.75) is 13.0 Å². The van der Waals surface area contributed by atoms with E-state index in [0.717, 1.165) is 22.6 Å². The van der Waals surface area contributed by atoms with Crippen molar-refractivity contribution < 1.29 is 4.74 Å². The average molecular weight is 264 g/mol. The molecule has 0 aromatic heterocycles. The van der Waals surface area contributed by atoms with Crippen LogP contribution in [-0.4, -0.2) is 6.54 Å². The molecule has 3 heteroatoms. The molecule has 0 spiro atoms. The van der Waals surface area contributed by atoms with Gasteiger partial charge < -0.3 is 10.1 Å². The number of hydrogen-bond acceptors (Lipinski definition) is 3. The van der Waals surface area contributed by atoms with Crippen LogP contribution in [0.3, 0.4) is 0 Å². The molecule has 3 nitrogen and oxygen atoms in total. The second-order valence-electron chi connectivity index (χ2n) is 5.05. The summed E-state index contributed by atoms with van der Waals surface area (Å²) < 4.78 is 5.94. The summed E-state index contributed by atoms with van der Waals surface area (Å²) in [6, 6.07) is 18.4. The number of nitriles is 1. The fourth-order valence-corrected chi connectivity index (χ4v) is 2.47. The summed E-state index contributed by atoms with van der Waals surface area (Å²) >= 11 is 0. The summed E-state index contributed by atoms with van der Waals surface area (Å²) in [6.45, 7) is 2.58. The highest BCUT2D eigenvalue weighted by atomic mass is 16.5. The Morgan fingerprint density at radius 1 is 1.10 bits per heavy atom. The number of nitrogens with zero attached hydrogens (tertiary/aromatic N) is 1. The van der Waals surface area contributed by atoms with Gasteiger partial charge in [0.2, 0.25) is 0 Å². The molecule has 20 heavy (non-hydrogen) atoms. The van der Waals surface area contributed by atoms with Gasteiger partial charge in [-0.05, 0) is 19.1 Å². The molecule has 0 bridgehead atoms. The molecule has 2 aromatic rings. The second-order valence-corrected chi connectivity index (χ2v) is 5.05. The number of benzene rings is 2.